The van der Waals surface area contributed by atoms with E-state index in [-0.39, 0.29) is 24.8 Å². The zero-order valence-corrected chi connectivity index (χ0v) is 15.6. The van der Waals surface area contributed by atoms with Gasteiger partial charge in [-0.1, -0.05) is 37.5 Å². The average Bonchev–Trinajstić information content (AvgIpc) is 2.58. The molecule has 0 amide bonds. The van der Waals surface area contributed by atoms with Gasteiger partial charge in [0.15, 0.2) is 0 Å². The Balaban J connectivity index is 0.00000132. The molecule has 2 fully saturated rings. The van der Waals surface area contributed by atoms with Crippen LogP contribution in [0, 0.1) is 5.92 Å². The summed E-state index contributed by atoms with van der Waals surface area (Å²) < 4.78 is 5.67. The lowest BCUT2D eigenvalue weighted by atomic mass is 9.80. The zero-order valence-electron chi connectivity index (χ0n) is 14.0. The van der Waals surface area contributed by atoms with Crippen LogP contribution in [0.15, 0.2) is 24.3 Å². The van der Waals surface area contributed by atoms with Crippen LogP contribution in [0.5, 0.6) is 5.75 Å². The maximum Gasteiger partial charge on any atom is 0.123 e. The van der Waals surface area contributed by atoms with E-state index >= 15 is 0 Å². The molecule has 1 aliphatic heterocycles. The molecule has 1 saturated carbocycles. The van der Waals surface area contributed by atoms with E-state index in [1.54, 1.807) is 7.11 Å². The lowest BCUT2D eigenvalue weighted by Crippen LogP contribution is -2.47. The van der Waals surface area contributed by atoms with Gasteiger partial charge in [-0.25, -0.2) is 0 Å². The van der Waals surface area contributed by atoms with E-state index in [2.05, 4.69) is 34.5 Å². The molecule has 1 aromatic carbocycles. The summed E-state index contributed by atoms with van der Waals surface area (Å²) in [6.45, 7) is 4.52. The van der Waals surface area contributed by atoms with Gasteiger partial charge in [-0.15, -0.1) is 24.8 Å². The van der Waals surface area contributed by atoms with E-state index in [0.717, 1.165) is 37.8 Å². The number of piperazine rings is 1. The smallest absolute Gasteiger partial charge is 0.123 e. The van der Waals surface area contributed by atoms with Gasteiger partial charge in [0, 0.05) is 37.8 Å². The van der Waals surface area contributed by atoms with Gasteiger partial charge in [-0.2, -0.15) is 0 Å². The summed E-state index contributed by atoms with van der Waals surface area (Å²) in [7, 11) is 1.80. The Labute approximate surface area is 153 Å². The number of ether oxygens (including phenoxy) is 1. The van der Waals surface area contributed by atoms with Gasteiger partial charge < -0.3 is 10.1 Å². The summed E-state index contributed by atoms with van der Waals surface area (Å²) in [5.74, 6) is 1.85. The van der Waals surface area contributed by atoms with Crippen molar-refractivity contribution in [1.82, 2.24) is 10.2 Å². The van der Waals surface area contributed by atoms with E-state index in [1.165, 1.54) is 37.7 Å². The molecule has 0 bridgehead atoms. The number of benzene rings is 1. The van der Waals surface area contributed by atoms with Crippen molar-refractivity contribution in [2.45, 2.75) is 38.1 Å². The lowest BCUT2D eigenvalue weighted by molar-refractivity contribution is 0.101. The molecule has 2 aliphatic rings. The highest BCUT2D eigenvalue weighted by atomic mass is 35.5. The highest BCUT2D eigenvalue weighted by Crippen LogP contribution is 2.41. The van der Waals surface area contributed by atoms with Crippen molar-refractivity contribution in [3.63, 3.8) is 0 Å². The van der Waals surface area contributed by atoms with Crippen molar-refractivity contribution in [2.24, 2.45) is 5.92 Å². The Kier molecular flexibility index (Phi) is 9.30. The molecule has 23 heavy (non-hydrogen) atoms. The second-order valence-electron chi connectivity index (χ2n) is 6.37. The fourth-order valence-corrected chi connectivity index (χ4v) is 4.07. The molecule has 0 aromatic heterocycles. The SMILES string of the molecule is COc1ccccc1[C@@H](C1CCCCC1)N1CCNCC1.Cl.Cl. The molecule has 3 rings (SSSR count). The minimum absolute atomic E-state index is 0. The minimum atomic E-state index is 0. The topological polar surface area (TPSA) is 24.5 Å². The lowest BCUT2D eigenvalue weighted by Gasteiger charge is -2.41. The molecule has 0 radical (unpaired) electrons. The van der Waals surface area contributed by atoms with Crippen molar-refractivity contribution < 1.29 is 4.74 Å². The molecule has 5 heteroatoms. The third kappa shape index (κ3) is 4.99. The highest BCUT2D eigenvalue weighted by molar-refractivity contribution is 5.85. The van der Waals surface area contributed by atoms with Crippen LogP contribution in [-0.2, 0) is 0 Å². The van der Waals surface area contributed by atoms with Gasteiger partial charge in [-0.05, 0) is 24.8 Å². The van der Waals surface area contributed by atoms with Crippen molar-refractivity contribution in [2.75, 3.05) is 33.3 Å². The molecule has 0 spiro atoms. The molecule has 1 N–H and O–H groups in total. The largest absolute Gasteiger partial charge is 0.496 e. The minimum Gasteiger partial charge on any atom is -0.496 e. The predicted molar refractivity (Wildman–Crippen MR) is 101 cm³/mol. The van der Waals surface area contributed by atoms with Crippen LogP contribution in [0.4, 0.5) is 0 Å². The summed E-state index contributed by atoms with van der Waals surface area (Å²) in [5.41, 5.74) is 1.40. The van der Waals surface area contributed by atoms with Gasteiger partial charge in [0.25, 0.3) is 0 Å². The Bertz CT molecular complexity index is 428. The number of hydrogen-bond acceptors (Lipinski definition) is 3. The van der Waals surface area contributed by atoms with Crippen molar-refractivity contribution >= 4 is 24.8 Å². The Morgan fingerprint density at radius 1 is 1.04 bits per heavy atom. The van der Waals surface area contributed by atoms with Crippen LogP contribution in [0.2, 0.25) is 0 Å². The molecule has 1 aliphatic carbocycles. The van der Waals surface area contributed by atoms with Crippen LogP contribution in [0.25, 0.3) is 0 Å². The zero-order chi connectivity index (χ0) is 14.5. The molecular formula is C18H30Cl2N2O. The normalized spacial score (nSPS) is 20.9. The summed E-state index contributed by atoms with van der Waals surface area (Å²) in [4.78, 5) is 2.68. The number of methoxy groups -OCH3 is 1. The molecule has 132 valence electrons. The van der Waals surface area contributed by atoms with Crippen LogP contribution in [0.3, 0.4) is 0 Å². The third-order valence-electron chi connectivity index (χ3n) is 5.10. The summed E-state index contributed by atoms with van der Waals surface area (Å²) in [6, 6.07) is 9.17. The first kappa shape index (κ1) is 20.6. The average molecular weight is 361 g/mol. The molecule has 0 unspecified atom stereocenters. The van der Waals surface area contributed by atoms with E-state index < -0.39 is 0 Å². The Morgan fingerprint density at radius 3 is 2.35 bits per heavy atom. The summed E-state index contributed by atoms with van der Waals surface area (Å²) in [5, 5.41) is 3.48. The van der Waals surface area contributed by atoms with Gasteiger partial charge in [0.1, 0.15) is 5.75 Å². The number of nitrogens with zero attached hydrogens (tertiary/aromatic N) is 1. The standard InChI is InChI=1S/C18H28N2O.2ClH/c1-21-17-10-6-5-9-16(17)18(15-7-3-2-4-8-15)20-13-11-19-12-14-20;;/h5-6,9-10,15,18-19H,2-4,7-8,11-14H2,1H3;2*1H/t18-;;/m1../s1. The van der Waals surface area contributed by atoms with Crippen LogP contribution in [0.1, 0.15) is 43.7 Å². The van der Waals surface area contributed by atoms with Crippen LogP contribution < -0.4 is 10.1 Å². The number of halogens is 2. The fraction of sp³-hybridized carbons (Fsp3) is 0.667. The molecule has 1 heterocycles. The summed E-state index contributed by atoms with van der Waals surface area (Å²) in [6.07, 6.45) is 6.93. The number of hydrogen-bond donors (Lipinski definition) is 1. The Morgan fingerprint density at radius 2 is 1.70 bits per heavy atom. The first-order valence-electron chi connectivity index (χ1n) is 8.48. The van der Waals surface area contributed by atoms with Gasteiger partial charge >= 0.3 is 0 Å². The number of rotatable bonds is 4. The van der Waals surface area contributed by atoms with Gasteiger partial charge in [0.05, 0.1) is 7.11 Å². The molecule has 1 saturated heterocycles. The third-order valence-corrected chi connectivity index (χ3v) is 5.10. The van der Waals surface area contributed by atoms with E-state index in [1.807, 2.05) is 0 Å². The van der Waals surface area contributed by atoms with E-state index in [4.69, 9.17) is 4.74 Å². The molecule has 1 aromatic rings. The van der Waals surface area contributed by atoms with Gasteiger partial charge in [-0.3, -0.25) is 4.90 Å². The van der Waals surface area contributed by atoms with Crippen molar-refractivity contribution in [3.05, 3.63) is 29.8 Å². The molecule has 3 nitrogen and oxygen atoms in total. The fourth-order valence-electron chi connectivity index (χ4n) is 4.07. The van der Waals surface area contributed by atoms with Crippen LogP contribution >= 0.6 is 24.8 Å². The van der Waals surface area contributed by atoms with Crippen LogP contribution in [-0.4, -0.2) is 38.2 Å². The maximum absolute atomic E-state index is 5.67. The second kappa shape index (κ2) is 10.4. The number of para-hydroxylation sites is 1. The first-order valence-corrected chi connectivity index (χ1v) is 8.48. The molecule has 1 atom stereocenters. The monoisotopic (exact) mass is 360 g/mol. The summed E-state index contributed by atoms with van der Waals surface area (Å²) >= 11 is 0. The molecular weight excluding hydrogens is 331 g/mol. The second-order valence-corrected chi connectivity index (χ2v) is 6.37. The van der Waals surface area contributed by atoms with Crippen molar-refractivity contribution in [3.8, 4) is 5.75 Å². The number of nitrogens with one attached hydrogen (secondary N) is 1. The van der Waals surface area contributed by atoms with Crippen molar-refractivity contribution in [1.29, 1.82) is 0 Å². The van der Waals surface area contributed by atoms with Gasteiger partial charge in [0.2, 0.25) is 0 Å². The highest BCUT2D eigenvalue weighted by Gasteiger charge is 2.32. The van der Waals surface area contributed by atoms with E-state index in [0.29, 0.717) is 6.04 Å². The van der Waals surface area contributed by atoms with E-state index in [9.17, 15) is 0 Å². The predicted octanol–water partition coefficient (Wildman–Crippen LogP) is 4.07. The maximum atomic E-state index is 5.67. The first-order chi connectivity index (χ1) is 10.4. The Hall–Kier alpha value is -0.480. The quantitative estimate of drug-likeness (QED) is 0.875.